The van der Waals surface area contributed by atoms with Gasteiger partial charge < -0.3 is 17.6 Å². The lowest BCUT2D eigenvalue weighted by Gasteiger charge is -2.27. The maximum atomic E-state index is 13.1. The fraction of sp³-hybridized carbons (Fsp3) is 0.588. The van der Waals surface area contributed by atoms with Gasteiger partial charge in [-0.3, -0.25) is 5.32 Å². The van der Waals surface area contributed by atoms with Crippen LogP contribution in [0.25, 0.3) is 0 Å². The van der Waals surface area contributed by atoms with Crippen LogP contribution in [0.3, 0.4) is 0 Å². The van der Waals surface area contributed by atoms with E-state index in [0.717, 1.165) is 32.3 Å². The van der Waals surface area contributed by atoms with Crippen molar-refractivity contribution >= 4 is 5.84 Å². The normalized spacial score (nSPS) is 17.4. The van der Waals surface area contributed by atoms with Gasteiger partial charge in [0.1, 0.15) is 18.9 Å². The van der Waals surface area contributed by atoms with Gasteiger partial charge in [0, 0.05) is 5.92 Å². The van der Waals surface area contributed by atoms with Crippen LogP contribution < -0.4 is 17.7 Å². The summed E-state index contributed by atoms with van der Waals surface area (Å²) in [6.07, 6.45) is -2.88. The van der Waals surface area contributed by atoms with Crippen molar-refractivity contribution in [2.75, 3.05) is 7.05 Å². The number of hydroxylamine groups is 1. The van der Waals surface area contributed by atoms with Gasteiger partial charge >= 0.3 is 6.18 Å². The molecule has 1 aliphatic carbocycles. The molecule has 1 aromatic rings. The third kappa shape index (κ3) is 5.49. The van der Waals surface area contributed by atoms with Crippen molar-refractivity contribution in [2.24, 2.45) is 11.3 Å². The minimum Gasteiger partial charge on any atom is -1.00 e. The Kier molecular flexibility index (Phi) is 6.73. The van der Waals surface area contributed by atoms with Crippen molar-refractivity contribution in [3.8, 4) is 0 Å². The fourth-order valence-electron chi connectivity index (χ4n) is 2.53. The van der Waals surface area contributed by atoms with E-state index >= 15 is 0 Å². The van der Waals surface area contributed by atoms with Gasteiger partial charge in [-0.05, 0) is 30.5 Å². The van der Waals surface area contributed by atoms with Gasteiger partial charge in [0.05, 0.1) is 11.8 Å². The van der Waals surface area contributed by atoms with E-state index in [1.807, 2.05) is 0 Å². The standard InChI is InChI=1S/C17H22F4N2O.ClH/c1-16(2,17(19,20)21)10-14(23(3)24)22-15(11-4-5-11)12-6-8-13(18)9-7-12;/h6-9,11,15,24H,4-5,10H2,1-3H3;1H. The first-order valence-electron chi connectivity index (χ1n) is 7.88. The van der Waals surface area contributed by atoms with Crippen molar-refractivity contribution in [3.63, 3.8) is 0 Å². The zero-order valence-corrected chi connectivity index (χ0v) is 15.1. The molecule has 8 heteroatoms. The highest BCUT2D eigenvalue weighted by atomic mass is 35.5. The molecule has 1 unspecified atom stereocenters. The van der Waals surface area contributed by atoms with Gasteiger partial charge in [-0.15, -0.1) is 0 Å². The van der Waals surface area contributed by atoms with Crippen LogP contribution in [0.5, 0.6) is 0 Å². The Labute approximate surface area is 151 Å². The number of rotatable bonds is 5. The monoisotopic (exact) mass is 382 g/mol. The highest BCUT2D eigenvalue weighted by molar-refractivity contribution is 5.78. The maximum Gasteiger partial charge on any atom is 0.394 e. The van der Waals surface area contributed by atoms with Crippen LogP contribution in [0.15, 0.2) is 24.3 Å². The molecule has 1 aromatic carbocycles. The maximum absolute atomic E-state index is 13.1. The average Bonchev–Trinajstić information content (AvgIpc) is 3.27. The summed E-state index contributed by atoms with van der Waals surface area (Å²) in [5.74, 6) is -0.00654. The lowest BCUT2D eigenvalue weighted by Crippen LogP contribution is -3.00. The van der Waals surface area contributed by atoms with Crippen LogP contribution >= 0.6 is 0 Å². The van der Waals surface area contributed by atoms with Crippen LogP contribution in [0.1, 0.15) is 44.7 Å². The van der Waals surface area contributed by atoms with Gasteiger partial charge in [-0.2, -0.15) is 13.2 Å². The van der Waals surface area contributed by atoms with E-state index in [0.29, 0.717) is 4.74 Å². The molecule has 1 saturated carbocycles. The lowest BCUT2D eigenvalue weighted by atomic mass is 9.87. The number of alkyl halides is 3. The summed E-state index contributed by atoms with van der Waals surface area (Å²) >= 11 is 0. The second-order valence-corrected chi connectivity index (χ2v) is 7.04. The molecular formula is C17H23ClF4N2O. The summed E-state index contributed by atoms with van der Waals surface area (Å²) in [6, 6.07) is 5.65. The molecule has 0 saturated heterocycles. The van der Waals surface area contributed by atoms with Gasteiger partial charge in [0.25, 0.3) is 5.84 Å². The van der Waals surface area contributed by atoms with Crippen LogP contribution in [-0.4, -0.2) is 29.0 Å². The Balaban J connectivity index is 0.00000312. The molecule has 25 heavy (non-hydrogen) atoms. The quantitative estimate of drug-likeness (QED) is 0.201. The molecular weight excluding hydrogens is 360 g/mol. The summed E-state index contributed by atoms with van der Waals surface area (Å²) in [5.41, 5.74) is -1.19. The minimum atomic E-state index is -4.39. The third-order valence-corrected chi connectivity index (χ3v) is 4.41. The Morgan fingerprint density at radius 2 is 1.76 bits per heavy atom. The van der Waals surface area contributed by atoms with E-state index in [2.05, 4.69) is 5.32 Å². The summed E-state index contributed by atoms with van der Waals surface area (Å²) in [4.78, 5) is 0. The number of hydrogen-bond acceptors (Lipinski definition) is 1. The van der Waals surface area contributed by atoms with Gasteiger partial charge in [-0.25, -0.2) is 4.39 Å². The minimum absolute atomic E-state index is 0. The Hall–Kier alpha value is -1.50. The highest BCUT2D eigenvalue weighted by Crippen LogP contribution is 2.43. The largest absolute Gasteiger partial charge is 1.00 e. The molecule has 3 nitrogen and oxygen atoms in total. The van der Waals surface area contributed by atoms with Crippen LogP contribution in [0.2, 0.25) is 0 Å². The van der Waals surface area contributed by atoms with E-state index in [9.17, 15) is 22.8 Å². The van der Waals surface area contributed by atoms with Crippen molar-refractivity contribution in [3.05, 3.63) is 35.6 Å². The van der Waals surface area contributed by atoms with E-state index in [1.165, 1.54) is 19.2 Å². The van der Waals surface area contributed by atoms with Crippen LogP contribution in [-0.2, 0) is 0 Å². The third-order valence-electron chi connectivity index (χ3n) is 4.41. The number of nitrogens with zero attached hydrogens (tertiary/aromatic N) is 1. The first kappa shape index (κ1) is 21.5. The topological polar surface area (TPSA) is 35.3 Å². The molecule has 142 valence electrons. The summed E-state index contributed by atoms with van der Waals surface area (Å²) in [6.45, 7) is 2.20. The van der Waals surface area contributed by atoms with Gasteiger partial charge in [-0.1, -0.05) is 30.7 Å². The average molecular weight is 383 g/mol. The summed E-state index contributed by atoms with van der Waals surface area (Å²) in [5, 5.41) is 12.8. The van der Waals surface area contributed by atoms with E-state index in [4.69, 9.17) is 0 Å². The predicted octanol–water partition coefficient (Wildman–Crippen LogP) is 1.28. The highest BCUT2D eigenvalue weighted by Gasteiger charge is 2.50. The molecule has 2 rings (SSSR count). The zero-order valence-electron chi connectivity index (χ0n) is 14.4. The van der Waals surface area contributed by atoms with Crippen molar-refractivity contribution in [1.82, 2.24) is 5.32 Å². The smallest absolute Gasteiger partial charge is 0.394 e. The van der Waals surface area contributed by atoms with Gasteiger partial charge in [0.2, 0.25) is 0 Å². The summed E-state index contributed by atoms with van der Waals surface area (Å²) in [7, 11) is 1.30. The number of benzene rings is 1. The van der Waals surface area contributed by atoms with E-state index in [1.54, 1.807) is 12.1 Å². The van der Waals surface area contributed by atoms with Gasteiger partial charge in [0.15, 0.2) is 0 Å². The predicted molar refractivity (Wildman–Crippen MR) is 82.4 cm³/mol. The van der Waals surface area contributed by atoms with E-state index in [-0.39, 0.29) is 42.4 Å². The van der Waals surface area contributed by atoms with Crippen molar-refractivity contribution in [2.45, 2.75) is 45.3 Å². The van der Waals surface area contributed by atoms with Crippen LogP contribution in [0, 0.1) is 17.2 Å². The molecule has 1 aliphatic rings. The molecule has 1 atom stereocenters. The Bertz CT molecular complexity index is 606. The number of nitrogens with one attached hydrogen (secondary N) is 1. The van der Waals surface area contributed by atoms with E-state index < -0.39 is 11.6 Å². The van der Waals surface area contributed by atoms with Crippen molar-refractivity contribution < 1.29 is 39.9 Å². The Morgan fingerprint density at radius 1 is 1.24 bits per heavy atom. The number of amidine groups is 1. The zero-order chi connectivity index (χ0) is 18.1. The fourth-order valence-corrected chi connectivity index (χ4v) is 2.53. The Morgan fingerprint density at radius 3 is 2.16 bits per heavy atom. The molecule has 0 aliphatic heterocycles. The molecule has 0 amide bonds. The first-order valence-corrected chi connectivity index (χ1v) is 7.88. The molecule has 0 aromatic heterocycles. The number of hydrogen-bond donors (Lipinski definition) is 2. The van der Waals surface area contributed by atoms with Crippen LogP contribution in [0.4, 0.5) is 17.6 Å². The number of halogens is 5. The SMILES string of the molecule is C/[N+](O)=C(\CC(C)(C)C(F)(F)F)NC(c1ccc(F)cc1)C1CC1.[Cl-]. The molecule has 0 radical (unpaired) electrons. The second kappa shape index (κ2) is 7.81. The van der Waals surface area contributed by atoms with Crippen molar-refractivity contribution in [1.29, 1.82) is 0 Å². The molecule has 1 fully saturated rings. The molecule has 2 N–H and O–H groups in total. The summed E-state index contributed by atoms with van der Waals surface area (Å²) < 4.78 is 53.3. The first-order chi connectivity index (χ1) is 11.0. The lowest BCUT2D eigenvalue weighted by molar-refractivity contribution is -0.756. The molecule has 0 spiro atoms. The molecule has 0 heterocycles. The molecule has 0 bridgehead atoms. The second-order valence-electron chi connectivity index (χ2n) is 7.04.